The number of carbonyl (C=O) groups excluding carboxylic acids is 3. The molecule has 2 rings (SSSR count). The maximum Gasteiger partial charge on any atom is 0.313 e. The van der Waals surface area contributed by atoms with E-state index in [0.29, 0.717) is 149 Å². The number of carbonyl (C=O) groups is 3. The van der Waals surface area contributed by atoms with E-state index in [0.717, 1.165) is 6.42 Å². The second-order valence-corrected chi connectivity index (χ2v) is 17.0. The van der Waals surface area contributed by atoms with Crippen LogP contribution in [0.1, 0.15) is 52.4 Å². The Kier molecular flexibility index (Phi) is 36.6. The molecule has 1 aromatic carbocycles. The maximum atomic E-state index is 14.0. The summed E-state index contributed by atoms with van der Waals surface area (Å²) in [4.78, 5) is 49.4. The lowest BCUT2D eigenvalue weighted by Gasteiger charge is -2.21. The quantitative estimate of drug-likeness (QED) is 0.0139. The van der Waals surface area contributed by atoms with Crippen LogP contribution in [-0.4, -0.2) is 206 Å². The number of nitrogens with two attached hydrogens (primary N) is 2. The molecule has 1 heterocycles. The summed E-state index contributed by atoms with van der Waals surface area (Å²) in [6.45, 7) is 11.3. The lowest BCUT2D eigenvalue weighted by Crippen LogP contribution is -2.34. The number of aliphatic imine (C=N–C) groups is 2. The number of nitrogens with zero attached hydrogens (tertiary/aromatic N) is 3. The largest absolute Gasteiger partial charge is 0.420 e. The Hall–Kier alpha value is -4.76. The van der Waals surface area contributed by atoms with Crippen LogP contribution < -0.4 is 21.5 Å². The predicted octanol–water partition coefficient (Wildman–Crippen LogP) is 2.36. The minimum atomic E-state index is -5.65. The van der Waals surface area contributed by atoms with Crippen LogP contribution in [0.25, 0.3) is 0 Å². The molecule has 76 heavy (non-hydrogen) atoms. The third kappa shape index (κ3) is 29.1. The van der Waals surface area contributed by atoms with Crippen molar-refractivity contribution in [2.24, 2.45) is 21.5 Å². The first kappa shape index (κ1) is 67.3. The second-order valence-electron chi connectivity index (χ2n) is 15.6. The first-order chi connectivity index (χ1) is 36.7. The lowest BCUT2D eigenvalue weighted by atomic mass is 10.1. The van der Waals surface area contributed by atoms with Crippen molar-refractivity contribution < 1.29 is 102 Å². The topological polar surface area (TPSA) is 308 Å². The molecule has 29 heteroatoms. The number of halogens is 4. The number of esters is 1. The van der Waals surface area contributed by atoms with Gasteiger partial charge in [0, 0.05) is 44.2 Å². The highest BCUT2D eigenvalue weighted by molar-refractivity contribution is 7.85. The summed E-state index contributed by atoms with van der Waals surface area (Å²) in [5, 5.41) is 4.20. The third-order valence-corrected chi connectivity index (χ3v) is 10.6. The zero-order valence-corrected chi connectivity index (χ0v) is 44.0. The van der Waals surface area contributed by atoms with Gasteiger partial charge in [0.15, 0.2) is 16.5 Å². The van der Waals surface area contributed by atoms with Gasteiger partial charge in [-0.3, -0.25) is 28.8 Å². The van der Waals surface area contributed by atoms with Crippen molar-refractivity contribution >= 4 is 39.4 Å². The molecule has 6 N–H and O–H groups in total. The molecule has 0 saturated heterocycles. The summed E-state index contributed by atoms with van der Waals surface area (Å²) in [5.74, 6) is -12.8. The summed E-state index contributed by atoms with van der Waals surface area (Å²) in [5.41, 5.74) is 13.1. The van der Waals surface area contributed by atoms with Gasteiger partial charge in [-0.25, -0.2) is 18.8 Å². The van der Waals surface area contributed by atoms with E-state index in [1.807, 2.05) is 13.8 Å². The number of hydrogen-bond acceptors (Lipinski definition) is 21. The first-order valence-corrected chi connectivity index (χ1v) is 26.1. The third-order valence-electron chi connectivity index (χ3n) is 9.70. The van der Waals surface area contributed by atoms with Gasteiger partial charge >= 0.3 is 16.1 Å². The number of unbranched alkanes of at least 4 members (excludes halogenated alkanes) is 1. The predicted molar refractivity (Wildman–Crippen MR) is 264 cm³/mol. The molecule has 0 aromatic heterocycles. The minimum Gasteiger partial charge on any atom is -0.420 e. The second kappa shape index (κ2) is 41.4. The molecule has 0 radical (unpaired) electrons. The molecule has 2 amide bonds. The highest BCUT2D eigenvalue weighted by Gasteiger charge is 2.34. The van der Waals surface area contributed by atoms with E-state index >= 15 is 0 Å². The van der Waals surface area contributed by atoms with Gasteiger partial charge in [-0.1, -0.05) is 6.92 Å². The number of hydrogen-bond donors (Lipinski definition) is 4. The van der Waals surface area contributed by atoms with E-state index in [-0.39, 0.29) is 70.1 Å². The lowest BCUT2D eigenvalue weighted by molar-refractivity contribution is -0.180. The van der Waals surface area contributed by atoms with Crippen LogP contribution in [0.15, 0.2) is 38.4 Å². The Labute approximate surface area is 440 Å². The molecule has 1 aliphatic heterocycles. The van der Waals surface area contributed by atoms with Gasteiger partial charge in [0.25, 0.3) is 5.91 Å². The Balaban J connectivity index is 1.30. The Morgan fingerprint density at radius 1 is 0.697 bits per heavy atom. The van der Waals surface area contributed by atoms with Crippen LogP contribution >= 0.6 is 0 Å². The Morgan fingerprint density at radius 3 is 1.54 bits per heavy atom. The zero-order chi connectivity index (χ0) is 55.8. The van der Waals surface area contributed by atoms with Gasteiger partial charge in [-0.2, -0.15) is 17.2 Å². The van der Waals surface area contributed by atoms with Crippen LogP contribution in [0.4, 0.5) is 17.6 Å². The van der Waals surface area contributed by atoms with E-state index in [4.69, 9.17) is 68.2 Å². The molecule has 0 saturated carbocycles. The minimum absolute atomic E-state index is 0.0165. The number of hydroxylamine groups is 2. The fourth-order valence-corrected chi connectivity index (χ4v) is 6.73. The summed E-state index contributed by atoms with van der Waals surface area (Å²) in [7, 11) is -5.65. The molecule has 0 aliphatic carbocycles. The molecular formula is C47H74F4N6O18S. The van der Waals surface area contributed by atoms with Gasteiger partial charge in [-0.15, -0.1) is 0 Å². The fraction of sp³-hybridized carbons (Fsp3) is 0.681. The monoisotopic (exact) mass is 1120 g/mol. The molecule has 0 spiro atoms. The van der Waals surface area contributed by atoms with E-state index < -0.39 is 56.4 Å². The van der Waals surface area contributed by atoms with Crippen molar-refractivity contribution in [3.8, 4) is 5.75 Å². The molecule has 0 unspecified atom stereocenters. The summed E-state index contributed by atoms with van der Waals surface area (Å²) >= 11 is 0. The van der Waals surface area contributed by atoms with Crippen LogP contribution in [-0.2, 0) is 76.7 Å². The highest BCUT2D eigenvalue weighted by Crippen LogP contribution is 2.32. The van der Waals surface area contributed by atoms with Crippen molar-refractivity contribution in [2.45, 2.75) is 57.3 Å². The normalized spacial score (nSPS) is 14.0. The molecule has 0 fully saturated rings. The molecule has 0 atom stereocenters. The molecule has 0 bridgehead atoms. The van der Waals surface area contributed by atoms with Crippen molar-refractivity contribution in [2.75, 3.05) is 158 Å². The summed E-state index contributed by atoms with van der Waals surface area (Å²) < 4.78 is 145. The number of ether oxygens (including phenoxy) is 11. The molecule has 24 nitrogen and oxygen atoms in total. The van der Waals surface area contributed by atoms with E-state index in [9.17, 15) is 40.4 Å². The molecule has 434 valence electrons. The SMILES string of the molecule is CCCN(OCC)C(=O)C1=CC(=NCCCCNC(=O)CCOCCOCCOCCOCCOCCOCCOCCOCCOCCOCCC(=O)Oc2c(F)c(F)c(S(=O)(=O)O)c(F)c2F)C(=CN)N=C(N)C1. The number of amides is 2. The molecule has 1 aliphatic rings. The number of nitrogens with one attached hydrogen (secondary N) is 1. The number of benzene rings is 1. The summed E-state index contributed by atoms with van der Waals surface area (Å²) in [6, 6.07) is 0. The van der Waals surface area contributed by atoms with Crippen molar-refractivity contribution in [1.29, 1.82) is 0 Å². The zero-order valence-electron chi connectivity index (χ0n) is 43.2. The maximum absolute atomic E-state index is 14.0. The van der Waals surface area contributed by atoms with Crippen LogP contribution in [0.5, 0.6) is 5.75 Å². The first-order valence-electron chi connectivity index (χ1n) is 24.7. The van der Waals surface area contributed by atoms with Gasteiger partial charge in [-0.05, 0) is 32.3 Å². The molecule has 1 aromatic rings. The molecular weight excluding hydrogens is 1040 g/mol. The van der Waals surface area contributed by atoms with Crippen LogP contribution in [0, 0.1) is 23.3 Å². The number of rotatable bonds is 45. The summed E-state index contributed by atoms with van der Waals surface area (Å²) in [6.07, 6.45) is 4.85. The standard InChI is InChI=1S/C47H74F4N6O18S/c1-3-11-57(74-4-2)47(60)35-32-36(37(34-52)56-38(53)33-35)54-9-5-6-10-55-39(58)7-12-64-14-16-66-18-20-68-22-24-70-26-28-72-30-31-73-29-27-71-25-23-69-21-19-67-17-15-65-13-8-40(59)75-45-41(48)43(50)46(76(61,62)63)44(51)42(45)49/h32,34H,3-31,33,52H2,1-2H3,(H2,53,56)(H,55,58)(H,61,62,63). The average molecular weight is 1120 g/mol. The van der Waals surface area contributed by atoms with Crippen LogP contribution in [0.3, 0.4) is 0 Å². The average Bonchev–Trinajstić information content (AvgIpc) is 3.55. The van der Waals surface area contributed by atoms with Gasteiger partial charge in [0.2, 0.25) is 23.3 Å². The smallest absolute Gasteiger partial charge is 0.313 e. The van der Waals surface area contributed by atoms with Gasteiger partial charge in [0.05, 0.1) is 151 Å². The van der Waals surface area contributed by atoms with Crippen molar-refractivity contribution in [3.05, 3.63) is 46.8 Å². The van der Waals surface area contributed by atoms with E-state index in [2.05, 4.69) is 20.0 Å². The van der Waals surface area contributed by atoms with Gasteiger partial charge < -0.3 is 68.9 Å². The Morgan fingerprint density at radius 2 is 1.13 bits per heavy atom. The van der Waals surface area contributed by atoms with Gasteiger partial charge in [0.1, 0.15) is 11.5 Å². The van der Waals surface area contributed by atoms with E-state index in [1.54, 1.807) is 6.08 Å². The fourth-order valence-electron chi connectivity index (χ4n) is 6.09. The van der Waals surface area contributed by atoms with E-state index in [1.165, 1.54) is 11.3 Å². The Bertz CT molecular complexity index is 2070. The van der Waals surface area contributed by atoms with Crippen LogP contribution in [0.2, 0.25) is 0 Å². The highest BCUT2D eigenvalue weighted by atomic mass is 32.2. The van der Waals surface area contributed by atoms with Crippen molar-refractivity contribution in [3.63, 3.8) is 0 Å². The number of amidine groups is 1. The number of allylic oxidation sites excluding steroid dienone is 1. The van der Waals surface area contributed by atoms with Crippen molar-refractivity contribution in [1.82, 2.24) is 10.4 Å².